The molecule has 0 fully saturated rings. The number of hydrogen-bond donors (Lipinski definition) is 0. The largest absolute Gasteiger partial charge is 0.301 e. The molecule has 1 unspecified atom stereocenters. The van der Waals surface area contributed by atoms with Crippen LogP contribution in [0, 0.1) is 17.2 Å². The van der Waals surface area contributed by atoms with Crippen molar-refractivity contribution in [3.8, 4) is 6.07 Å². The lowest BCUT2D eigenvalue weighted by atomic mass is 10.1. The second kappa shape index (κ2) is 6.02. The van der Waals surface area contributed by atoms with Crippen LogP contribution in [0.2, 0.25) is 0 Å². The van der Waals surface area contributed by atoms with Crippen LogP contribution in [0.4, 0.5) is 0 Å². The first-order valence-corrected chi connectivity index (χ1v) is 6.91. The second-order valence-electron chi connectivity index (χ2n) is 5.39. The molecule has 0 aliphatic heterocycles. The van der Waals surface area contributed by atoms with E-state index >= 15 is 0 Å². The minimum absolute atomic E-state index is 0.157. The van der Waals surface area contributed by atoms with Gasteiger partial charge >= 0.3 is 0 Å². The van der Waals surface area contributed by atoms with E-state index in [1.165, 1.54) is 36.0 Å². The zero-order valence-electron chi connectivity index (χ0n) is 11.4. The van der Waals surface area contributed by atoms with Gasteiger partial charge in [-0.1, -0.05) is 25.1 Å². The minimum atomic E-state index is 0.157. The summed E-state index contributed by atoms with van der Waals surface area (Å²) in [5.74, 6) is 0.157. The quantitative estimate of drug-likeness (QED) is 0.793. The molecular weight excluding hydrogens is 220 g/mol. The van der Waals surface area contributed by atoms with Crippen molar-refractivity contribution in [1.29, 1.82) is 5.26 Å². The van der Waals surface area contributed by atoms with Crippen molar-refractivity contribution < 1.29 is 0 Å². The van der Waals surface area contributed by atoms with Crippen LogP contribution in [0.5, 0.6) is 0 Å². The third-order valence-corrected chi connectivity index (χ3v) is 3.82. The van der Waals surface area contributed by atoms with E-state index in [0.717, 1.165) is 19.5 Å². The molecule has 2 nitrogen and oxygen atoms in total. The van der Waals surface area contributed by atoms with E-state index in [2.05, 4.69) is 43.1 Å². The van der Waals surface area contributed by atoms with Gasteiger partial charge in [-0.05, 0) is 49.4 Å². The van der Waals surface area contributed by atoms with Gasteiger partial charge in [-0.3, -0.25) is 0 Å². The maximum atomic E-state index is 8.99. The Morgan fingerprint density at radius 2 is 2.11 bits per heavy atom. The Bertz CT molecular complexity index is 445. The number of rotatable bonds is 5. The molecule has 2 heteroatoms. The number of aryl methyl sites for hydroxylation is 2. The van der Waals surface area contributed by atoms with E-state index in [0.29, 0.717) is 0 Å². The molecule has 0 radical (unpaired) electrons. The van der Waals surface area contributed by atoms with Gasteiger partial charge in [0.2, 0.25) is 0 Å². The Kier molecular flexibility index (Phi) is 4.38. The molecule has 0 N–H and O–H groups in total. The molecule has 0 heterocycles. The molecular formula is C16H22N2. The van der Waals surface area contributed by atoms with E-state index in [4.69, 9.17) is 5.26 Å². The third kappa shape index (κ3) is 3.11. The normalized spacial score (nSPS) is 15.4. The fraction of sp³-hybridized carbons (Fsp3) is 0.562. The summed E-state index contributed by atoms with van der Waals surface area (Å²) in [5.41, 5.74) is 4.45. The summed E-state index contributed by atoms with van der Waals surface area (Å²) in [4.78, 5) is 2.26. The van der Waals surface area contributed by atoms with Gasteiger partial charge < -0.3 is 4.90 Å². The van der Waals surface area contributed by atoms with Crippen molar-refractivity contribution in [2.75, 3.05) is 13.6 Å². The number of nitriles is 1. The Morgan fingerprint density at radius 3 is 2.83 bits per heavy atom. The number of fused-ring (bicyclic) bond motifs is 1. The summed E-state index contributed by atoms with van der Waals surface area (Å²) in [6, 6.07) is 9.25. The molecule has 1 aromatic rings. The number of hydrogen-bond acceptors (Lipinski definition) is 2. The highest BCUT2D eigenvalue weighted by Crippen LogP contribution is 2.23. The van der Waals surface area contributed by atoms with Gasteiger partial charge in [-0.2, -0.15) is 5.26 Å². The van der Waals surface area contributed by atoms with E-state index < -0.39 is 0 Å². The van der Waals surface area contributed by atoms with E-state index in [9.17, 15) is 0 Å². The summed E-state index contributed by atoms with van der Waals surface area (Å²) in [6.07, 6.45) is 4.73. The van der Waals surface area contributed by atoms with E-state index in [1.807, 2.05) is 0 Å². The van der Waals surface area contributed by atoms with Crippen LogP contribution in [-0.2, 0) is 19.4 Å². The smallest absolute Gasteiger partial charge is 0.0669 e. The molecule has 1 aliphatic carbocycles. The van der Waals surface area contributed by atoms with Crippen molar-refractivity contribution >= 4 is 0 Å². The zero-order chi connectivity index (χ0) is 13.0. The molecule has 18 heavy (non-hydrogen) atoms. The lowest BCUT2D eigenvalue weighted by Crippen LogP contribution is -2.24. The fourth-order valence-electron chi connectivity index (χ4n) is 2.74. The molecule has 0 saturated heterocycles. The van der Waals surface area contributed by atoms with Crippen LogP contribution >= 0.6 is 0 Å². The highest BCUT2D eigenvalue weighted by atomic mass is 15.1. The molecule has 0 saturated carbocycles. The first kappa shape index (κ1) is 13.1. The van der Waals surface area contributed by atoms with Gasteiger partial charge in [0.25, 0.3) is 0 Å². The van der Waals surface area contributed by atoms with Gasteiger partial charge in [0.05, 0.1) is 12.0 Å². The van der Waals surface area contributed by atoms with Gasteiger partial charge in [0, 0.05) is 13.1 Å². The summed E-state index contributed by atoms with van der Waals surface area (Å²) in [7, 11) is 2.10. The fourth-order valence-corrected chi connectivity index (χ4v) is 2.74. The summed E-state index contributed by atoms with van der Waals surface area (Å²) < 4.78 is 0. The van der Waals surface area contributed by atoms with E-state index in [-0.39, 0.29) is 5.92 Å². The average molecular weight is 242 g/mol. The monoisotopic (exact) mass is 242 g/mol. The second-order valence-corrected chi connectivity index (χ2v) is 5.39. The van der Waals surface area contributed by atoms with Crippen LogP contribution in [0.1, 0.15) is 36.5 Å². The molecule has 0 bridgehead atoms. The van der Waals surface area contributed by atoms with Gasteiger partial charge in [0.15, 0.2) is 0 Å². The topological polar surface area (TPSA) is 27.0 Å². The third-order valence-electron chi connectivity index (χ3n) is 3.82. The summed E-state index contributed by atoms with van der Waals surface area (Å²) in [5, 5.41) is 8.99. The predicted octanol–water partition coefficient (Wildman–Crippen LogP) is 3.16. The maximum absolute atomic E-state index is 8.99. The Morgan fingerprint density at radius 1 is 1.33 bits per heavy atom. The first-order valence-electron chi connectivity index (χ1n) is 6.91. The number of benzene rings is 1. The van der Waals surface area contributed by atoms with Crippen molar-refractivity contribution in [3.63, 3.8) is 0 Å². The molecule has 0 aromatic heterocycles. The van der Waals surface area contributed by atoms with Crippen molar-refractivity contribution in [1.82, 2.24) is 4.90 Å². The van der Waals surface area contributed by atoms with Crippen molar-refractivity contribution in [3.05, 3.63) is 34.9 Å². The standard InChI is InChI=1S/C16H22N2/c1-3-13(10-17)11-18(2)12-14-7-8-15-5-4-6-16(15)9-14/h7-9,13H,3-6,11-12H2,1-2H3. The molecule has 0 spiro atoms. The lowest BCUT2D eigenvalue weighted by Gasteiger charge is -2.19. The molecule has 0 amide bonds. The minimum Gasteiger partial charge on any atom is -0.301 e. The van der Waals surface area contributed by atoms with Crippen LogP contribution in [0.25, 0.3) is 0 Å². The molecule has 1 atom stereocenters. The predicted molar refractivity (Wildman–Crippen MR) is 74.2 cm³/mol. The van der Waals surface area contributed by atoms with Crippen LogP contribution in [0.3, 0.4) is 0 Å². The van der Waals surface area contributed by atoms with Gasteiger partial charge in [0.1, 0.15) is 0 Å². The SMILES string of the molecule is CCC(C#N)CN(C)Cc1ccc2c(c1)CCC2. The van der Waals surface area contributed by atoms with E-state index in [1.54, 1.807) is 0 Å². The van der Waals surface area contributed by atoms with Crippen LogP contribution < -0.4 is 0 Å². The first-order chi connectivity index (χ1) is 8.72. The Balaban J connectivity index is 1.95. The van der Waals surface area contributed by atoms with Crippen molar-refractivity contribution in [2.45, 2.75) is 39.2 Å². The zero-order valence-corrected chi connectivity index (χ0v) is 11.4. The Hall–Kier alpha value is -1.33. The highest BCUT2D eigenvalue weighted by Gasteiger charge is 2.12. The number of nitrogens with zero attached hydrogens (tertiary/aromatic N) is 2. The molecule has 2 rings (SSSR count). The Labute approximate surface area is 110 Å². The van der Waals surface area contributed by atoms with Gasteiger partial charge in [-0.25, -0.2) is 0 Å². The van der Waals surface area contributed by atoms with Crippen molar-refractivity contribution in [2.24, 2.45) is 5.92 Å². The molecule has 1 aliphatic rings. The van der Waals surface area contributed by atoms with Crippen LogP contribution in [-0.4, -0.2) is 18.5 Å². The average Bonchev–Trinajstić information content (AvgIpc) is 2.83. The molecule has 96 valence electrons. The van der Waals surface area contributed by atoms with Crippen LogP contribution in [0.15, 0.2) is 18.2 Å². The van der Waals surface area contributed by atoms with Gasteiger partial charge in [-0.15, -0.1) is 0 Å². The summed E-state index contributed by atoms with van der Waals surface area (Å²) in [6.45, 7) is 3.90. The lowest BCUT2D eigenvalue weighted by molar-refractivity contribution is 0.292. The highest BCUT2D eigenvalue weighted by molar-refractivity contribution is 5.35. The summed E-state index contributed by atoms with van der Waals surface area (Å²) >= 11 is 0. The maximum Gasteiger partial charge on any atom is 0.0669 e. The molecule has 1 aromatic carbocycles.